The molecule has 8 nitrogen and oxygen atoms in total. The number of piperidine rings is 1. The monoisotopic (exact) mass is 358 g/mol. The Balaban J connectivity index is 2.02. The van der Waals surface area contributed by atoms with Crippen LogP contribution in [-0.4, -0.2) is 34.1 Å². The van der Waals surface area contributed by atoms with Gasteiger partial charge in [0.1, 0.15) is 11.4 Å². The predicted octanol–water partition coefficient (Wildman–Crippen LogP) is 3.33. The molecule has 0 radical (unpaired) electrons. The van der Waals surface area contributed by atoms with Crippen molar-refractivity contribution < 1.29 is 14.5 Å². The van der Waals surface area contributed by atoms with Gasteiger partial charge in [0.2, 0.25) is 0 Å². The van der Waals surface area contributed by atoms with E-state index in [1.807, 2.05) is 6.20 Å². The number of ether oxygens (including phenoxy) is 1. The van der Waals surface area contributed by atoms with Gasteiger partial charge in [-0.3, -0.25) is 10.1 Å². The molecule has 8 heteroatoms. The molecule has 0 spiro atoms. The number of anilines is 1. The number of carbonyl (C=O) groups is 1. The quantitative estimate of drug-likeness (QED) is 0.463. The van der Waals surface area contributed by atoms with E-state index in [0.29, 0.717) is 0 Å². The van der Waals surface area contributed by atoms with Crippen LogP contribution in [0.25, 0.3) is 0 Å². The van der Waals surface area contributed by atoms with Crippen LogP contribution in [-0.2, 0) is 11.3 Å². The molecule has 0 unspecified atom stereocenters. The standard InChI is InChI=1S/C18H22N4O4/c1-3-20-11-9-19-17(20)16-6-4-5-10-21(16)13-7-8-15(22(24)25)14(12-13)18(23)26-2/h7-9,11-12,16H,3-6,10H2,1-2H3/t16-/m1/s1. The van der Waals surface area contributed by atoms with Gasteiger partial charge in [0.15, 0.2) is 0 Å². The topological polar surface area (TPSA) is 90.5 Å². The Bertz CT molecular complexity index is 817. The number of nitrogens with zero attached hydrogens (tertiary/aromatic N) is 4. The molecule has 1 aromatic heterocycles. The maximum Gasteiger partial charge on any atom is 0.344 e. The fraction of sp³-hybridized carbons (Fsp3) is 0.444. The number of imidazole rings is 1. The maximum absolute atomic E-state index is 12.0. The molecular formula is C18H22N4O4. The first kappa shape index (κ1) is 17.9. The van der Waals surface area contributed by atoms with Crippen LogP contribution in [0.5, 0.6) is 0 Å². The Morgan fingerprint density at radius 2 is 2.23 bits per heavy atom. The summed E-state index contributed by atoms with van der Waals surface area (Å²) in [7, 11) is 1.22. The lowest BCUT2D eigenvalue weighted by Gasteiger charge is -2.37. The zero-order chi connectivity index (χ0) is 18.7. The van der Waals surface area contributed by atoms with Crippen molar-refractivity contribution in [3.8, 4) is 0 Å². The highest BCUT2D eigenvalue weighted by Crippen LogP contribution is 2.36. The van der Waals surface area contributed by atoms with Gasteiger partial charge in [-0.15, -0.1) is 0 Å². The van der Waals surface area contributed by atoms with E-state index in [1.54, 1.807) is 18.3 Å². The summed E-state index contributed by atoms with van der Waals surface area (Å²) in [6, 6.07) is 4.70. The van der Waals surface area contributed by atoms with E-state index in [4.69, 9.17) is 4.74 Å². The molecule has 2 heterocycles. The van der Waals surface area contributed by atoms with Crippen LogP contribution in [0.3, 0.4) is 0 Å². The predicted molar refractivity (Wildman–Crippen MR) is 96.3 cm³/mol. The van der Waals surface area contributed by atoms with Gasteiger partial charge >= 0.3 is 5.97 Å². The summed E-state index contributed by atoms with van der Waals surface area (Å²) >= 11 is 0. The molecule has 0 saturated carbocycles. The number of aromatic nitrogens is 2. The number of hydrogen-bond acceptors (Lipinski definition) is 6. The second-order valence-electron chi connectivity index (χ2n) is 6.23. The summed E-state index contributed by atoms with van der Waals surface area (Å²) in [6.07, 6.45) is 6.81. The van der Waals surface area contributed by atoms with E-state index < -0.39 is 10.9 Å². The Morgan fingerprint density at radius 3 is 2.92 bits per heavy atom. The summed E-state index contributed by atoms with van der Waals surface area (Å²) in [5.74, 6) is 0.271. The number of methoxy groups -OCH3 is 1. The van der Waals surface area contributed by atoms with E-state index >= 15 is 0 Å². The van der Waals surface area contributed by atoms with Crippen LogP contribution in [0.2, 0.25) is 0 Å². The first-order valence-electron chi connectivity index (χ1n) is 8.71. The zero-order valence-corrected chi connectivity index (χ0v) is 14.9. The van der Waals surface area contributed by atoms with Crippen molar-refractivity contribution in [3.63, 3.8) is 0 Å². The van der Waals surface area contributed by atoms with Gasteiger partial charge < -0.3 is 14.2 Å². The fourth-order valence-corrected chi connectivity index (χ4v) is 3.53. The average molecular weight is 358 g/mol. The smallest absolute Gasteiger partial charge is 0.344 e. The molecule has 1 atom stereocenters. The number of esters is 1. The van der Waals surface area contributed by atoms with E-state index in [-0.39, 0.29) is 17.3 Å². The summed E-state index contributed by atoms with van der Waals surface area (Å²) in [5, 5.41) is 11.2. The third-order valence-electron chi connectivity index (χ3n) is 4.80. The third-order valence-corrected chi connectivity index (χ3v) is 4.80. The van der Waals surface area contributed by atoms with Crippen LogP contribution in [0.15, 0.2) is 30.6 Å². The van der Waals surface area contributed by atoms with Crippen LogP contribution in [0.1, 0.15) is 48.4 Å². The second-order valence-corrected chi connectivity index (χ2v) is 6.23. The summed E-state index contributed by atoms with van der Waals surface area (Å²) in [5.41, 5.74) is 0.494. The molecule has 1 aliphatic rings. The van der Waals surface area contributed by atoms with E-state index in [0.717, 1.165) is 43.9 Å². The number of hydrogen-bond donors (Lipinski definition) is 0. The lowest BCUT2D eigenvalue weighted by molar-refractivity contribution is -0.385. The summed E-state index contributed by atoms with van der Waals surface area (Å²) in [6.45, 7) is 3.70. The minimum absolute atomic E-state index is 0.0295. The number of benzene rings is 1. The molecule has 3 rings (SSSR count). The highest BCUT2D eigenvalue weighted by Gasteiger charge is 2.30. The third kappa shape index (κ3) is 3.26. The van der Waals surface area contributed by atoms with Crippen molar-refractivity contribution in [2.45, 2.75) is 38.8 Å². The Kier molecular flexibility index (Phi) is 5.20. The molecule has 2 aromatic rings. The molecule has 1 fully saturated rings. The molecule has 0 aliphatic carbocycles. The Hall–Kier alpha value is -2.90. The molecule has 1 aliphatic heterocycles. The van der Waals surface area contributed by atoms with Crippen molar-refractivity contribution >= 4 is 17.3 Å². The van der Waals surface area contributed by atoms with Crippen LogP contribution in [0.4, 0.5) is 11.4 Å². The van der Waals surface area contributed by atoms with Crippen molar-refractivity contribution in [2.75, 3.05) is 18.6 Å². The van der Waals surface area contributed by atoms with Gasteiger partial charge in [0.25, 0.3) is 5.69 Å². The molecule has 1 saturated heterocycles. The van der Waals surface area contributed by atoms with Gasteiger partial charge in [0, 0.05) is 37.2 Å². The minimum atomic E-state index is -0.706. The molecule has 0 amide bonds. The zero-order valence-electron chi connectivity index (χ0n) is 14.9. The SMILES string of the molecule is CCn1ccnc1[C@H]1CCCCN1c1ccc([N+](=O)[O-])c(C(=O)OC)c1. The van der Waals surface area contributed by atoms with Crippen molar-refractivity contribution in [2.24, 2.45) is 0 Å². The van der Waals surface area contributed by atoms with Gasteiger partial charge in [0.05, 0.1) is 18.1 Å². The number of rotatable bonds is 5. The maximum atomic E-state index is 12.0. The summed E-state index contributed by atoms with van der Waals surface area (Å²) < 4.78 is 6.83. The van der Waals surface area contributed by atoms with Gasteiger partial charge in [-0.2, -0.15) is 0 Å². The number of aryl methyl sites for hydroxylation is 1. The highest BCUT2D eigenvalue weighted by atomic mass is 16.6. The Labute approximate surface area is 151 Å². The molecular weight excluding hydrogens is 336 g/mol. The van der Waals surface area contributed by atoms with Gasteiger partial charge in [-0.1, -0.05) is 0 Å². The minimum Gasteiger partial charge on any atom is -0.465 e. The van der Waals surface area contributed by atoms with E-state index in [1.165, 1.54) is 13.2 Å². The molecule has 0 N–H and O–H groups in total. The van der Waals surface area contributed by atoms with Crippen molar-refractivity contribution in [1.29, 1.82) is 0 Å². The lowest BCUT2D eigenvalue weighted by Crippen LogP contribution is -2.35. The van der Waals surface area contributed by atoms with Gasteiger partial charge in [-0.25, -0.2) is 9.78 Å². The van der Waals surface area contributed by atoms with Crippen LogP contribution < -0.4 is 4.90 Å². The molecule has 1 aromatic carbocycles. The fourth-order valence-electron chi connectivity index (χ4n) is 3.53. The first-order chi connectivity index (χ1) is 12.6. The largest absolute Gasteiger partial charge is 0.465 e. The number of nitro groups is 1. The van der Waals surface area contributed by atoms with Crippen LogP contribution >= 0.6 is 0 Å². The molecule has 0 bridgehead atoms. The van der Waals surface area contributed by atoms with Crippen LogP contribution in [0, 0.1) is 10.1 Å². The van der Waals surface area contributed by atoms with E-state index in [9.17, 15) is 14.9 Å². The number of nitro benzene ring substituents is 1. The number of carbonyl (C=O) groups excluding carboxylic acids is 1. The van der Waals surface area contributed by atoms with Crippen molar-refractivity contribution in [1.82, 2.24) is 9.55 Å². The molecule has 138 valence electrons. The normalized spacial score (nSPS) is 17.2. The Morgan fingerprint density at radius 1 is 1.42 bits per heavy atom. The summed E-state index contributed by atoms with van der Waals surface area (Å²) in [4.78, 5) is 29.4. The average Bonchev–Trinajstić information content (AvgIpc) is 3.15. The van der Waals surface area contributed by atoms with E-state index in [2.05, 4.69) is 21.4 Å². The second kappa shape index (κ2) is 7.55. The van der Waals surface area contributed by atoms with Gasteiger partial charge in [-0.05, 0) is 38.3 Å². The lowest BCUT2D eigenvalue weighted by atomic mass is 9.99. The highest BCUT2D eigenvalue weighted by molar-refractivity contribution is 5.95. The molecule has 26 heavy (non-hydrogen) atoms. The first-order valence-corrected chi connectivity index (χ1v) is 8.71. The van der Waals surface area contributed by atoms with Crippen molar-refractivity contribution in [3.05, 3.63) is 52.1 Å².